The minimum Gasteiger partial charge on any atom is -0.349 e. The molecule has 1 amide bonds. The highest BCUT2D eigenvalue weighted by Crippen LogP contribution is 2.19. The van der Waals surface area contributed by atoms with E-state index in [1.54, 1.807) is 18.2 Å². The van der Waals surface area contributed by atoms with Gasteiger partial charge in [0.25, 0.3) is 5.69 Å². The standard InChI is InChI=1S/C24H22N4O3/c29-24(16-19-10-4-6-12-21(19)28(30)31)25-17-23-26-20-11-5-7-13-22(20)27(23)15-14-18-8-2-1-3-9-18/h1-13H,14-17H2,(H,25,29). The number of amides is 1. The first kappa shape index (κ1) is 20.3. The van der Waals surface area contributed by atoms with E-state index in [2.05, 4.69) is 27.0 Å². The Morgan fingerprint density at radius 3 is 2.48 bits per heavy atom. The van der Waals surface area contributed by atoms with Crippen LogP contribution in [0.4, 0.5) is 5.69 Å². The van der Waals surface area contributed by atoms with Crippen molar-refractivity contribution in [2.45, 2.75) is 25.9 Å². The van der Waals surface area contributed by atoms with E-state index < -0.39 is 4.92 Å². The Morgan fingerprint density at radius 1 is 0.968 bits per heavy atom. The second-order valence-corrected chi connectivity index (χ2v) is 7.24. The van der Waals surface area contributed by atoms with Crippen molar-refractivity contribution in [3.63, 3.8) is 0 Å². The number of nitro groups is 1. The number of para-hydroxylation sites is 3. The number of hydrogen-bond donors (Lipinski definition) is 1. The molecule has 1 aromatic heterocycles. The largest absolute Gasteiger partial charge is 0.349 e. The van der Waals surface area contributed by atoms with Gasteiger partial charge in [0.2, 0.25) is 5.91 Å². The van der Waals surface area contributed by atoms with Crippen molar-refractivity contribution in [3.8, 4) is 0 Å². The van der Waals surface area contributed by atoms with Crippen LogP contribution in [0, 0.1) is 10.1 Å². The van der Waals surface area contributed by atoms with Gasteiger partial charge in [-0.1, -0.05) is 60.7 Å². The van der Waals surface area contributed by atoms with Crippen LogP contribution in [0.5, 0.6) is 0 Å². The first-order valence-electron chi connectivity index (χ1n) is 10.1. The molecule has 0 spiro atoms. The quantitative estimate of drug-likeness (QED) is 0.348. The number of carbonyl (C=O) groups is 1. The number of imidazole rings is 1. The lowest BCUT2D eigenvalue weighted by molar-refractivity contribution is -0.385. The van der Waals surface area contributed by atoms with Gasteiger partial charge in [0, 0.05) is 18.2 Å². The van der Waals surface area contributed by atoms with Gasteiger partial charge >= 0.3 is 0 Å². The first-order chi connectivity index (χ1) is 15.1. The highest BCUT2D eigenvalue weighted by molar-refractivity contribution is 5.80. The molecule has 0 bridgehead atoms. The van der Waals surface area contributed by atoms with E-state index in [1.165, 1.54) is 11.6 Å². The predicted octanol–water partition coefficient (Wildman–Crippen LogP) is 4.05. The number of aryl methyl sites for hydroxylation is 2. The first-order valence-corrected chi connectivity index (χ1v) is 10.1. The number of nitrogens with one attached hydrogen (secondary N) is 1. The second-order valence-electron chi connectivity index (χ2n) is 7.24. The topological polar surface area (TPSA) is 90.1 Å². The fraction of sp³-hybridized carbons (Fsp3) is 0.167. The number of fused-ring (bicyclic) bond motifs is 1. The Bertz CT molecular complexity index is 1220. The van der Waals surface area contributed by atoms with Crippen LogP contribution in [0.15, 0.2) is 78.9 Å². The molecule has 0 radical (unpaired) electrons. The van der Waals surface area contributed by atoms with Crippen LogP contribution < -0.4 is 5.32 Å². The molecule has 0 aliphatic heterocycles. The van der Waals surface area contributed by atoms with Crippen molar-refractivity contribution >= 4 is 22.6 Å². The fourth-order valence-electron chi connectivity index (χ4n) is 3.65. The average molecular weight is 414 g/mol. The monoisotopic (exact) mass is 414 g/mol. The number of nitrogens with zero attached hydrogens (tertiary/aromatic N) is 3. The number of carbonyl (C=O) groups excluding carboxylic acids is 1. The van der Waals surface area contributed by atoms with Crippen molar-refractivity contribution in [1.82, 2.24) is 14.9 Å². The maximum Gasteiger partial charge on any atom is 0.273 e. The molecule has 7 nitrogen and oxygen atoms in total. The summed E-state index contributed by atoms with van der Waals surface area (Å²) in [5.74, 6) is 0.476. The summed E-state index contributed by atoms with van der Waals surface area (Å²) in [6.07, 6.45) is 0.791. The van der Waals surface area contributed by atoms with Crippen molar-refractivity contribution in [3.05, 3.63) is 106 Å². The molecule has 156 valence electrons. The minimum atomic E-state index is -0.467. The van der Waals surface area contributed by atoms with Crippen LogP contribution in [0.3, 0.4) is 0 Å². The molecule has 0 unspecified atom stereocenters. The molecule has 0 aliphatic carbocycles. The van der Waals surface area contributed by atoms with Gasteiger partial charge in [-0.3, -0.25) is 14.9 Å². The SMILES string of the molecule is O=C(Cc1ccccc1[N+](=O)[O-])NCc1nc2ccccc2n1CCc1ccccc1. The van der Waals surface area contributed by atoms with Gasteiger partial charge in [0.1, 0.15) is 5.82 Å². The highest BCUT2D eigenvalue weighted by atomic mass is 16.6. The lowest BCUT2D eigenvalue weighted by Crippen LogP contribution is -2.26. The summed E-state index contributed by atoms with van der Waals surface area (Å²) in [6.45, 7) is 0.989. The molecule has 0 saturated heterocycles. The van der Waals surface area contributed by atoms with Gasteiger partial charge in [-0.15, -0.1) is 0 Å². The third-order valence-electron chi connectivity index (χ3n) is 5.18. The Labute approximate surface area is 179 Å². The van der Waals surface area contributed by atoms with E-state index in [-0.39, 0.29) is 24.6 Å². The van der Waals surface area contributed by atoms with Crippen LogP contribution >= 0.6 is 0 Å². The van der Waals surface area contributed by atoms with Crippen molar-refractivity contribution in [2.24, 2.45) is 0 Å². The van der Waals surface area contributed by atoms with Crippen LogP contribution in [-0.4, -0.2) is 20.4 Å². The zero-order chi connectivity index (χ0) is 21.6. The Morgan fingerprint density at radius 2 is 1.68 bits per heavy atom. The van der Waals surface area contributed by atoms with Crippen LogP contribution in [0.2, 0.25) is 0 Å². The Kier molecular flexibility index (Phi) is 6.03. The molecule has 0 saturated carbocycles. The molecule has 4 rings (SSSR count). The zero-order valence-electron chi connectivity index (χ0n) is 16.9. The minimum absolute atomic E-state index is 0.0484. The van der Waals surface area contributed by atoms with Gasteiger partial charge in [-0.25, -0.2) is 4.98 Å². The second kappa shape index (κ2) is 9.21. The summed E-state index contributed by atoms with van der Waals surface area (Å²) in [7, 11) is 0. The number of rotatable bonds is 8. The van der Waals surface area contributed by atoms with E-state index in [4.69, 9.17) is 0 Å². The fourth-order valence-corrected chi connectivity index (χ4v) is 3.65. The lowest BCUT2D eigenvalue weighted by Gasteiger charge is -2.11. The number of nitro benzene ring substituents is 1. The van der Waals surface area contributed by atoms with E-state index in [0.29, 0.717) is 5.56 Å². The molecule has 1 N–H and O–H groups in total. The molecule has 4 aromatic rings. The normalized spacial score (nSPS) is 10.8. The molecule has 0 aliphatic rings. The van der Waals surface area contributed by atoms with Gasteiger partial charge in [0.15, 0.2) is 0 Å². The van der Waals surface area contributed by atoms with E-state index in [0.717, 1.165) is 29.8 Å². The maximum atomic E-state index is 12.5. The van der Waals surface area contributed by atoms with Crippen molar-refractivity contribution < 1.29 is 9.72 Å². The predicted molar refractivity (Wildman–Crippen MR) is 119 cm³/mol. The molecule has 0 atom stereocenters. The van der Waals surface area contributed by atoms with Crippen molar-refractivity contribution in [1.29, 1.82) is 0 Å². The summed E-state index contributed by atoms with van der Waals surface area (Å²) < 4.78 is 2.12. The molecule has 31 heavy (non-hydrogen) atoms. The smallest absolute Gasteiger partial charge is 0.273 e. The van der Waals surface area contributed by atoms with E-state index >= 15 is 0 Å². The van der Waals surface area contributed by atoms with Gasteiger partial charge < -0.3 is 9.88 Å². The third-order valence-corrected chi connectivity index (χ3v) is 5.18. The van der Waals surface area contributed by atoms with Crippen LogP contribution in [0.25, 0.3) is 11.0 Å². The molecule has 1 heterocycles. The van der Waals surface area contributed by atoms with Crippen LogP contribution in [0.1, 0.15) is 17.0 Å². The highest BCUT2D eigenvalue weighted by Gasteiger charge is 2.16. The van der Waals surface area contributed by atoms with Gasteiger partial charge in [-0.2, -0.15) is 0 Å². The molecular weight excluding hydrogens is 392 g/mol. The Hall–Kier alpha value is -4.00. The molecule has 3 aromatic carbocycles. The maximum absolute atomic E-state index is 12.5. The molecule has 7 heteroatoms. The summed E-state index contributed by atoms with van der Waals surface area (Å²) in [5.41, 5.74) is 3.46. The van der Waals surface area contributed by atoms with E-state index in [9.17, 15) is 14.9 Å². The average Bonchev–Trinajstić information content (AvgIpc) is 3.14. The lowest BCUT2D eigenvalue weighted by atomic mass is 10.1. The summed E-state index contributed by atoms with van der Waals surface area (Å²) in [4.78, 5) is 27.9. The molecular formula is C24H22N4O3. The number of benzene rings is 3. The van der Waals surface area contributed by atoms with Crippen LogP contribution in [-0.2, 0) is 30.7 Å². The zero-order valence-corrected chi connectivity index (χ0v) is 16.9. The van der Waals surface area contributed by atoms with Gasteiger partial charge in [0.05, 0.1) is 28.9 Å². The summed E-state index contributed by atoms with van der Waals surface area (Å²) in [6, 6.07) is 24.4. The molecule has 0 fully saturated rings. The number of hydrogen-bond acceptors (Lipinski definition) is 4. The third kappa shape index (κ3) is 4.78. The summed E-state index contributed by atoms with van der Waals surface area (Å²) >= 11 is 0. The van der Waals surface area contributed by atoms with Crippen molar-refractivity contribution in [2.75, 3.05) is 0 Å². The van der Waals surface area contributed by atoms with Gasteiger partial charge in [-0.05, 0) is 24.1 Å². The summed E-state index contributed by atoms with van der Waals surface area (Å²) in [5, 5.41) is 14.0. The number of aromatic nitrogens is 2. The Balaban J connectivity index is 1.49. The van der Waals surface area contributed by atoms with E-state index in [1.807, 2.05) is 42.5 Å².